The van der Waals surface area contributed by atoms with E-state index >= 15 is 0 Å². The summed E-state index contributed by atoms with van der Waals surface area (Å²) in [5, 5.41) is 12.7. The molecule has 2 aromatic carbocycles. The van der Waals surface area contributed by atoms with Gasteiger partial charge in [-0.05, 0) is 55.0 Å². The molecule has 0 bridgehead atoms. The van der Waals surface area contributed by atoms with E-state index in [9.17, 15) is 5.11 Å². The highest BCUT2D eigenvalue weighted by Gasteiger charge is 2.09. The first-order valence-electron chi connectivity index (χ1n) is 11.0. The third-order valence-electron chi connectivity index (χ3n) is 5.02. The molecule has 0 saturated heterocycles. The Labute approximate surface area is 181 Å². The van der Waals surface area contributed by atoms with E-state index < -0.39 is 0 Å². The summed E-state index contributed by atoms with van der Waals surface area (Å²) in [6, 6.07) is 13.7. The van der Waals surface area contributed by atoms with Gasteiger partial charge in [0, 0.05) is 12.1 Å². The predicted octanol–water partition coefficient (Wildman–Crippen LogP) is 6.20. The predicted molar refractivity (Wildman–Crippen MR) is 126 cm³/mol. The lowest BCUT2D eigenvalue weighted by molar-refractivity contribution is 0.303. The minimum atomic E-state index is 0.294. The average molecular weight is 414 g/mol. The lowest BCUT2D eigenvalue weighted by Gasteiger charge is -2.15. The van der Waals surface area contributed by atoms with E-state index in [1.54, 1.807) is 12.1 Å². The first-order chi connectivity index (χ1) is 14.1. The number of ether oxygens (including phenoxy) is 1. The van der Waals surface area contributed by atoms with Crippen LogP contribution in [-0.2, 0) is 12.8 Å². The molecule has 29 heavy (non-hydrogen) atoms. The molecule has 0 unspecified atom stereocenters. The van der Waals surface area contributed by atoms with E-state index in [2.05, 4.69) is 37.4 Å². The average Bonchev–Trinajstić information content (AvgIpc) is 2.73. The van der Waals surface area contributed by atoms with E-state index in [0.29, 0.717) is 5.75 Å². The number of hydrogen-bond donors (Lipinski definition) is 2. The third-order valence-corrected chi connectivity index (χ3v) is 5.40. The highest BCUT2D eigenvalue weighted by molar-refractivity contribution is 7.80. The molecule has 0 aliphatic heterocycles. The summed E-state index contributed by atoms with van der Waals surface area (Å²) in [6.07, 6.45) is 9.05. The van der Waals surface area contributed by atoms with Gasteiger partial charge in [-0.25, -0.2) is 0 Å². The van der Waals surface area contributed by atoms with Crippen molar-refractivity contribution >= 4 is 17.2 Å². The van der Waals surface area contributed by atoms with Gasteiger partial charge in [0.1, 0.15) is 16.5 Å². The zero-order chi connectivity index (χ0) is 20.9. The number of nitrogens with one attached hydrogen (secondary N) is 1. The van der Waals surface area contributed by atoms with Crippen LogP contribution in [0.1, 0.15) is 69.1 Å². The fourth-order valence-corrected chi connectivity index (χ4v) is 3.45. The normalized spacial score (nSPS) is 10.7. The van der Waals surface area contributed by atoms with Crippen LogP contribution in [0, 0.1) is 0 Å². The van der Waals surface area contributed by atoms with Crippen LogP contribution < -0.4 is 10.1 Å². The number of phenols is 1. The molecule has 0 atom stereocenters. The highest BCUT2D eigenvalue weighted by Crippen LogP contribution is 2.24. The van der Waals surface area contributed by atoms with Crippen molar-refractivity contribution < 1.29 is 9.84 Å². The maximum atomic E-state index is 9.38. The highest BCUT2D eigenvalue weighted by atomic mass is 32.1. The largest absolute Gasteiger partial charge is 0.508 e. The first-order valence-corrected chi connectivity index (χ1v) is 11.4. The topological polar surface area (TPSA) is 41.5 Å². The molecular formula is C25H35NO2S. The summed E-state index contributed by atoms with van der Waals surface area (Å²) >= 11 is 5.61. The van der Waals surface area contributed by atoms with Gasteiger partial charge in [0.05, 0.1) is 6.61 Å². The molecule has 0 saturated carbocycles. The molecule has 0 heterocycles. The Morgan fingerprint density at radius 3 is 2.38 bits per heavy atom. The van der Waals surface area contributed by atoms with Crippen molar-refractivity contribution in [1.29, 1.82) is 0 Å². The van der Waals surface area contributed by atoms with Crippen molar-refractivity contribution in [3.8, 4) is 11.5 Å². The summed E-state index contributed by atoms with van der Waals surface area (Å²) in [4.78, 5) is 0.752. The second-order valence-corrected chi connectivity index (χ2v) is 7.92. The molecule has 158 valence electrons. The van der Waals surface area contributed by atoms with Crippen molar-refractivity contribution in [2.24, 2.45) is 0 Å². The van der Waals surface area contributed by atoms with Crippen molar-refractivity contribution in [3.63, 3.8) is 0 Å². The van der Waals surface area contributed by atoms with Gasteiger partial charge >= 0.3 is 0 Å². The summed E-state index contributed by atoms with van der Waals surface area (Å²) in [5.41, 5.74) is 3.46. The zero-order valence-electron chi connectivity index (χ0n) is 17.9. The molecule has 0 aromatic heterocycles. The SMILES string of the molecule is CCCCCOc1cc(C(=S)NCCc2ccc(O)cc2)ccc1CCCCC. The van der Waals surface area contributed by atoms with Gasteiger partial charge in [0.15, 0.2) is 0 Å². The number of benzene rings is 2. The Kier molecular flexibility index (Phi) is 10.6. The lowest BCUT2D eigenvalue weighted by Crippen LogP contribution is -2.24. The molecule has 2 rings (SSSR count). The van der Waals surface area contributed by atoms with E-state index in [1.807, 2.05) is 12.1 Å². The van der Waals surface area contributed by atoms with Crippen LogP contribution in [0.2, 0.25) is 0 Å². The number of hydrogen-bond acceptors (Lipinski definition) is 3. The van der Waals surface area contributed by atoms with Gasteiger partial charge in [-0.3, -0.25) is 0 Å². The van der Waals surface area contributed by atoms with Gasteiger partial charge in [-0.1, -0.05) is 76.0 Å². The first kappa shape index (κ1) is 23.2. The van der Waals surface area contributed by atoms with Gasteiger partial charge in [0.25, 0.3) is 0 Å². The molecule has 0 spiro atoms. The number of rotatable bonds is 13. The standard InChI is InChI=1S/C25H35NO2S/c1-3-5-7-9-21-12-13-22(19-24(21)28-18-8-6-4-2)25(29)26-17-16-20-10-14-23(27)15-11-20/h10-15,19,27H,3-9,16-18H2,1-2H3,(H,26,29). The van der Waals surface area contributed by atoms with Crippen LogP contribution in [0.3, 0.4) is 0 Å². The van der Waals surface area contributed by atoms with Gasteiger partial charge < -0.3 is 15.2 Å². The fraction of sp³-hybridized carbons (Fsp3) is 0.480. The maximum absolute atomic E-state index is 9.38. The second-order valence-electron chi connectivity index (χ2n) is 7.51. The molecule has 2 N–H and O–H groups in total. The van der Waals surface area contributed by atoms with Gasteiger partial charge in [-0.15, -0.1) is 0 Å². The zero-order valence-corrected chi connectivity index (χ0v) is 18.7. The van der Waals surface area contributed by atoms with Gasteiger partial charge in [0.2, 0.25) is 0 Å². The molecule has 2 aromatic rings. The quantitative estimate of drug-likeness (QED) is 0.303. The number of thiocarbonyl (C=S) groups is 1. The van der Waals surface area contributed by atoms with Crippen LogP contribution in [0.25, 0.3) is 0 Å². The van der Waals surface area contributed by atoms with Crippen LogP contribution >= 0.6 is 12.2 Å². The minimum Gasteiger partial charge on any atom is -0.508 e. The van der Waals surface area contributed by atoms with E-state index in [-0.39, 0.29) is 0 Å². The maximum Gasteiger partial charge on any atom is 0.123 e. The molecule has 3 nitrogen and oxygen atoms in total. The molecule has 0 radical (unpaired) electrons. The van der Waals surface area contributed by atoms with Crippen molar-refractivity contribution in [3.05, 3.63) is 59.2 Å². The third kappa shape index (κ3) is 8.45. The number of aryl methyl sites for hydroxylation is 1. The van der Waals surface area contributed by atoms with E-state index in [4.69, 9.17) is 17.0 Å². The van der Waals surface area contributed by atoms with Gasteiger partial charge in [-0.2, -0.15) is 0 Å². The molecule has 0 amide bonds. The Bertz CT molecular complexity index is 743. The second kappa shape index (κ2) is 13.2. The fourth-order valence-electron chi connectivity index (χ4n) is 3.22. The molecule has 4 heteroatoms. The number of unbranched alkanes of at least 4 members (excludes halogenated alkanes) is 4. The summed E-state index contributed by atoms with van der Waals surface area (Å²) in [7, 11) is 0. The Morgan fingerprint density at radius 2 is 1.66 bits per heavy atom. The van der Waals surface area contributed by atoms with Crippen LogP contribution in [-0.4, -0.2) is 23.2 Å². The molecule has 0 aliphatic carbocycles. The lowest BCUT2D eigenvalue weighted by atomic mass is 10.0. The van der Waals surface area contributed by atoms with Crippen molar-refractivity contribution in [1.82, 2.24) is 5.32 Å². The Hall–Kier alpha value is -2.07. The van der Waals surface area contributed by atoms with Crippen molar-refractivity contribution in [2.75, 3.05) is 13.2 Å². The molecule has 0 aliphatic rings. The summed E-state index contributed by atoms with van der Waals surface area (Å²) < 4.78 is 6.13. The van der Waals surface area contributed by atoms with Crippen LogP contribution in [0.4, 0.5) is 0 Å². The summed E-state index contributed by atoms with van der Waals surface area (Å²) in [6.45, 7) is 5.96. The van der Waals surface area contributed by atoms with E-state index in [0.717, 1.165) is 48.7 Å². The molecule has 0 fully saturated rings. The number of aromatic hydroxyl groups is 1. The van der Waals surface area contributed by atoms with Crippen LogP contribution in [0.5, 0.6) is 11.5 Å². The smallest absolute Gasteiger partial charge is 0.123 e. The summed E-state index contributed by atoms with van der Waals surface area (Å²) in [5.74, 6) is 1.28. The van der Waals surface area contributed by atoms with E-state index in [1.165, 1.54) is 43.2 Å². The number of phenolic OH excluding ortho intramolecular Hbond substituents is 1. The Morgan fingerprint density at radius 1 is 0.931 bits per heavy atom. The minimum absolute atomic E-state index is 0.294. The van der Waals surface area contributed by atoms with Crippen molar-refractivity contribution in [2.45, 2.75) is 65.2 Å². The van der Waals surface area contributed by atoms with Crippen LogP contribution in [0.15, 0.2) is 42.5 Å². The Balaban J connectivity index is 1.95. The molecular weight excluding hydrogens is 378 g/mol. The monoisotopic (exact) mass is 413 g/mol.